The zero-order chi connectivity index (χ0) is 17.3. The van der Waals surface area contributed by atoms with Crippen LogP contribution in [0.1, 0.15) is 25.3 Å². The minimum Gasteiger partial charge on any atom is -0.458 e. The highest BCUT2D eigenvalue weighted by Gasteiger charge is 2.22. The number of rotatable bonds is 4. The summed E-state index contributed by atoms with van der Waals surface area (Å²) in [5.41, 5.74) is 2.08. The molecule has 9 heteroatoms. The van der Waals surface area contributed by atoms with Crippen molar-refractivity contribution in [2.45, 2.75) is 26.9 Å². The van der Waals surface area contributed by atoms with Crippen LogP contribution in [0.4, 0.5) is 0 Å². The van der Waals surface area contributed by atoms with Gasteiger partial charge in [-0.3, -0.25) is 9.52 Å². The highest BCUT2D eigenvalue weighted by Crippen LogP contribution is 2.22. The van der Waals surface area contributed by atoms with Crippen LogP contribution >= 0.6 is 11.3 Å². The minimum absolute atomic E-state index is 0.0470. The van der Waals surface area contributed by atoms with Crippen molar-refractivity contribution >= 4 is 43.4 Å². The third-order valence-electron chi connectivity index (χ3n) is 3.44. The Bertz CT molecular complexity index is 941. The number of nitrogens with one attached hydrogen (secondary N) is 1. The van der Waals surface area contributed by atoms with Gasteiger partial charge in [0.25, 0.3) is 0 Å². The highest BCUT2D eigenvalue weighted by molar-refractivity contribution is 7.88. The van der Waals surface area contributed by atoms with Crippen LogP contribution in [0.15, 0.2) is 39.9 Å². The quantitative estimate of drug-likeness (QED) is 0.839. The van der Waals surface area contributed by atoms with Crippen molar-refractivity contribution < 1.29 is 17.9 Å². The number of benzene rings is 1. The Balaban J connectivity index is 1.65. The van der Waals surface area contributed by atoms with Crippen LogP contribution in [-0.4, -0.2) is 25.1 Å². The Morgan fingerprint density at radius 3 is 2.75 bits per heavy atom. The zero-order valence-electron chi connectivity index (χ0n) is 13.1. The predicted octanol–water partition coefficient (Wildman–Crippen LogP) is 2.31. The molecule has 7 nitrogen and oxygen atoms in total. The molecule has 1 aromatic carbocycles. The van der Waals surface area contributed by atoms with Crippen LogP contribution in [0.25, 0.3) is 10.2 Å². The van der Waals surface area contributed by atoms with E-state index in [9.17, 15) is 13.2 Å². The van der Waals surface area contributed by atoms with E-state index in [0.717, 1.165) is 10.2 Å². The molecule has 2 aromatic rings. The van der Waals surface area contributed by atoms with Crippen LogP contribution in [0.2, 0.25) is 0 Å². The maximum Gasteiger partial charge on any atom is 0.342 e. The third kappa shape index (κ3) is 3.62. The number of hydrogen-bond acceptors (Lipinski definition) is 6. The molecule has 0 amide bonds. The van der Waals surface area contributed by atoms with Gasteiger partial charge in [-0.15, -0.1) is 15.7 Å². The second-order valence-electron chi connectivity index (χ2n) is 5.27. The van der Waals surface area contributed by atoms with Gasteiger partial charge in [0, 0.05) is 11.3 Å². The summed E-state index contributed by atoms with van der Waals surface area (Å²) in [5.74, 6) is -0.459. The molecule has 1 aromatic heterocycles. The van der Waals surface area contributed by atoms with Gasteiger partial charge in [-0.25, -0.2) is 4.98 Å². The lowest BCUT2D eigenvalue weighted by molar-refractivity contribution is -0.144. The molecular weight excluding hydrogens is 350 g/mol. The monoisotopic (exact) mass is 365 g/mol. The van der Waals surface area contributed by atoms with Gasteiger partial charge in [0.05, 0.1) is 22.3 Å². The second kappa shape index (κ2) is 6.33. The fraction of sp³-hybridized carbons (Fsp3) is 0.267. The van der Waals surface area contributed by atoms with Crippen molar-refractivity contribution in [3.63, 3.8) is 0 Å². The van der Waals surface area contributed by atoms with Crippen molar-refractivity contribution in [1.29, 1.82) is 0 Å². The van der Waals surface area contributed by atoms with Gasteiger partial charge in [0.15, 0.2) is 0 Å². The lowest BCUT2D eigenvalue weighted by Gasteiger charge is -2.17. The molecule has 126 valence electrons. The van der Waals surface area contributed by atoms with E-state index in [2.05, 4.69) is 14.1 Å². The summed E-state index contributed by atoms with van der Waals surface area (Å²) in [5, 5.41) is 0.713. The Morgan fingerprint density at radius 2 is 2.04 bits per heavy atom. The number of aromatic nitrogens is 1. The van der Waals surface area contributed by atoms with Crippen molar-refractivity contribution in [2.75, 3.05) is 0 Å². The zero-order valence-corrected chi connectivity index (χ0v) is 14.7. The maximum atomic E-state index is 12.0. The number of para-hydroxylation sites is 1. The van der Waals surface area contributed by atoms with Crippen molar-refractivity contribution in [1.82, 2.24) is 9.71 Å². The van der Waals surface area contributed by atoms with Crippen molar-refractivity contribution in [3.8, 4) is 0 Å². The maximum absolute atomic E-state index is 12.0. The van der Waals surface area contributed by atoms with Gasteiger partial charge in [0.2, 0.25) is 0 Å². The summed E-state index contributed by atoms with van der Waals surface area (Å²) in [6, 6.07) is 7.69. The largest absolute Gasteiger partial charge is 0.458 e. The van der Waals surface area contributed by atoms with Crippen LogP contribution in [-0.2, 0) is 26.3 Å². The number of esters is 1. The number of hydrogen-bond donors (Lipinski definition) is 1. The summed E-state index contributed by atoms with van der Waals surface area (Å²) in [4.78, 5) is 16.4. The number of carbonyl (C=O) groups excluding carboxylic acids is 1. The number of ether oxygens (including phenoxy) is 1. The first-order valence-corrected chi connectivity index (χ1v) is 9.39. The van der Waals surface area contributed by atoms with Gasteiger partial charge < -0.3 is 4.74 Å². The van der Waals surface area contributed by atoms with Crippen molar-refractivity contribution in [3.05, 3.63) is 40.5 Å². The van der Waals surface area contributed by atoms with Crippen LogP contribution in [0, 0.1) is 0 Å². The summed E-state index contributed by atoms with van der Waals surface area (Å²) in [6.45, 7) is 3.23. The lowest BCUT2D eigenvalue weighted by Crippen LogP contribution is -2.28. The first kappa shape index (κ1) is 16.6. The number of fused-ring (bicyclic) bond motifs is 1. The average molecular weight is 365 g/mol. The molecule has 0 saturated carbocycles. The molecule has 1 N–H and O–H groups in total. The smallest absolute Gasteiger partial charge is 0.342 e. The number of allylic oxidation sites excluding steroid dienone is 1. The molecule has 0 atom stereocenters. The van der Waals surface area contributed by atoms with Gasteiger partial charge in [0.1, 0.15) is 11.6 Å². The minimum atomic E-state index is -3.70. The van der Waals surface area contributed by atoms with E-state index < -0.39 is 16.2 Å². The van der Waals surface area contributed by atoms with Gasteiger partial charge >= 0.3 is 16.2 Å². The van der Waals surface area contributed by atoms with E-state index in [4.69, 9.17) is 4.74 Å². The van der Waals surface area contributed by atoms with Crippen molar-refractivity contribution in [2.24, 2.45) is 4.40 Å². The number of carbonyl (C=O) groups is 1. The van der Waals surface area contributed by atoms with E-state index in [-0.39, 0.29) is 13.0 Å². The third-order valence-corrected chi connectivity index (χ3v) is 5.53. The van der Waals surface area contributed by atoms with Gasteiger partial charge in [-0.05, 0) is 26.0 Å². The molecule has 0 spiro atoms. The van der Waals surface area contributed by atoms with Crippen LogP contribution in [0.5, 0.6) is 0 Å². The molecule has 0 fully saturated rings. The molecule has 24 heavy (non-hydrogen) atoms. The topological polar surface area (TPSA) is 97.7 Å². The Labute approximate surface area is 143 Å². The fourth-order valence-corrected chi connectivity index (χ4v) is 4.27. The average Bonchev–Trinajstić information content (AvgIpc) is 2.91. The molecule has 0 bridgehead atoms. The normalized spacial score (nSPS) is 16.7. The first-order chi connectivity index (χ1) is 11.3. The van der Waals surface area contributed by atoms with Gasteiger partial charge in [-0.2, -0.15) is 8.42 Å². The molecule has 0 aliphatic carbocycles. The van der Waals surface area contributed by atoms with Crippen LogP contribution < -0.4 is 4.72 Å². The molecule has 0 radical (unpaired) electrons. The Hall–Kier alpha value is -2.26. The Morgan fingerprint density at radius 1 is 1.29 bits per heavy atom. The lowest BCUT2D eigenvalue weighted by atomic mass is 10.1. The molecule has 0 saturated heterocycles. The molecule has 3 rings (SSSR count). The standard InChI is InChI=1S/C15H15N3O4S2/c1-9-11(10(2)18-24(20,21)17-9)7-15(19)22-8-14-16-12-5-3-4-6-13(12)23-14/h3-6,17H,7-8H2,1-2H3. The number of nitrogens with zero attached hydrogens (tertiary/aromatic N) is 2. The summed E-state index contributed by atoms with van der Waals surface area (Å²) >= 11 is 1.47. The van der Waals surface area contributed by atoms with E-state index in [1.165, 1.54) is 11.3 Å². The van der Waals surface area contributed by atoms with Gasteiger partial charge in [-0.1, -0.05) is 12.1 Å². The van der Waals surface area contributed by atoms with E-state index in [0.29, 0.717) is 22.0 Å². The second-order valence-corrected chi connectivity index (χ2v) is 7.72. The molecule has 1 aliphatic heterocycles. The molecule has 0 unspecified atom stereocenters. The molecule has 2 heterocycles. The molecule has 1 aliphatic rings. The summed E-state index contributed by atoms with van der Waals surface area (Å²) < 4.78 is 35.0. The SMILES string of the molecule is CC1=NS(=O)(=O)NC(C)=C1CC(=O)OCc1nc2ccccc2s1. The van der Waals surface area contributed by atoms with E-state index in [1.807, 2.05) is 24.3 Å². The van der Waals surface area contributed by atoms with Crippen LogP contribution in [0.3, 0.4) is 0 Å². The van der Waals surface area contributed by atoms with E-state index in [1.54, 1.807) is 13.8 Å². The molecular formula is C15H15N3O4S2. The summed E-state index contributed by atoms with van der Waals surface area (Å²) in [6.07, 6.45) is -0.0470. The Kier molecular flexibility index (Phi) is 4.37. The number of thiazole rings is 1. The summed E-state index contributed by atoms with van der Waals surface area (Å²) in [7, 11) is -3.70. The fourth-order valence-electron chi connectivity index (χ4n) is 2.36. The first-order valence-electron chi connectivity index (χ1n) is 7.13. The predicted molar refractivity (Wildman–Crippen MR) is 91.9 cm³/mol. The van der Waals surface area contributed by atoms with E-state index >= 15 is 0 Å². The highest BCUT2D eigenvalue weighted by atomic mass is 32.2.